The highest BCUT2D eigenvalue weighted by Crippen LogP contribution is 2.14. The molecule has 2 N–H and O–H groups in total. The third-order valence-electron chi connectivity index (χ3n) is 3.01. The molecule has 9 heteroatoms. The zero-order chi connectivity index (χ0) is 16.9. The molecule has 23 heavy (non-hydrogen) atoms. The monoisotopic (exact) mass is 356 g/mol. The second-order valence-electron chi connectivity index (χ2n) is 5.46. The van der Waals surface area contributed by atoms with E-state index in [1.165, 1.54) is 6.07 Å². The Morgan fingerprint density at radius 3 is 2.87 bits per heavy atom. The van der Waals surface area contributed by atoms with Gasteiger partial charge in [-0.15, -0.1) is 11.3 Å². The average molecular weight is 356 g/mol. The van der Waals surface area contributed by atoms with Crippen molar-refractivity contribution in [1.82, 2.24) is 19.6 Å². The van der Waals surface area contributed by atoms with Crippen molar-refractivity contribution in [3.05, 3.63) is 35.7 Å². The lowest BCUT2D eigenvalue weighted by Gasteiger charge is -2.11. The predicted molar refractivity (Wildman–Crippen MR) is 88.4 cm³/mol. The van der Waals surface area contributed by atoms with Crippen LogP contribution in [0.1, 0.15) is 19.5 Å². The topological polar surface area (TPSA) is 93.1 Å². The van der Waals surface area contributed by atoms with E-state index in [9.17, 15) is 13.2 Å². The zero-order valence-electron chi connectivity index (χ0n) is 13.0. The first-order valence-corrected chi connectivity index (χ1v) is 9.53. The normalized spacial score (nSPS) is 11.8. The standard InChI is InChI=1S/C14H20N4O3S2/c1-11(2)9-18-10-15-6-12(18)7-16-13(19)8-17-23(20,21)14-4-3-5-22-14/h3-6,10-11,17H,7-9H2,1-2H3,(H,16,19). The summed E-state index contributed by atoms with van der Waals surface area (Å²) in [4.78, 5) is 15.9. The minimum atomic E-state index is -3.62. The summed E-state index contributed by atoms with van der Waals surface area (Å²) in [5.74, 6) is 0.0821. The summed E-state index contributed by atoms with van der Waals surface area (Å²) < 4.78 is 28.3. The summed E-state index contributed by atoms with van der Waals surface area (Å²) in [6, 6.07) is 3.14. The van der Waals surface area contributed by atoms with Gasteiger partial charge in [-0.1, -0.05) is 19.9 Å². The summed E-state index contributed by atoms with van der Waals surface area (Å²) in [7, 11) is -3.62. The highest BCUT2D eigenvalue weighted by atomic mass is 32.2. The van der Waals surface area contributed by atoms with Crippen LogP contribution in [-0.4, -0.2) is 30.4 Å². The molecule has 0 aliphatic carbocycles. The van der Waals surface area contributed by atoms with Crippen LogP contribution in [0.2, 0.25) is 0 Å². The summed E-state index contributed by atoms with van der Waals surface area (Å²) in [6.45, 7) is 5.03. The van der Waals surface area contributed by atoms with Gasteiger partial charge in [0.2, 0.25) is 5.91 Å². The van der Waals surface area contributed by atoms with Gasteiger partial charge in [0.25, 0.3) is 10.0 Å². The van der Waals surface area contributed by atoms with Gasteiger partial charge in [0.05, 0.1) is 25.1 Å². The van der Waals surface area contributed by atoms with Crippen molar-refractivity contribution in [3.63, 3.8) is 0 Å². The van der Waals surface area contributed by atoms with Crippen molar-refractivity contribution in [3.8, 4) is 0 Å². The first-order valence-electron chi connectivity index (χ1n) is 7.17. The lowest BCUT2D eigenvalue weighted by atomic mass is 10.2. The smallest absolute Gasteiger partial charge is 0.250 e. The second kappa shape index (κ2) is 7.71. The number of nitrogens with zero attached hydrogens (tertiary/aromatic N) is 2. The van der Waals surface area contributed by atoms with Crippen LogP contribution < -0.4 is 10.0 Å². The number of aromatic nitrogens is 2. The van der Waals surface area contributed by atoms with Crippen molar-refractivity contribution < 1.29 is 13.2 Å². The zero-order valence-corrected chi connectivity index (χ0v) is 14.7. The lowest BCUT2D eigenvalue weighted by Crippen LogP contribution is -2.36. The molecule has 2 rings (SSSR count). The Labute approximate surface area is 139 Å². The number of sulfonamides is 1. The Kier molecular flexibility index (Phi) is 5.91. The summed E-state index contributed by atoms with van der Waals surface area (Å²) in [5, 5.41) is 4.36. The van der Waals surface area contributed by atoms with Crippen LogP contribution in [0.3, 0.4) is 0 Å². The van der Waals surface area contributed by atoms with Gasteiger partial charge in [-0.05, 0) is 17.4 Å². The van der Waals surface area contributed by atoms with Crippen molar-refractivity contribution in [1.29, 1.82) is 0 Å². The van der Waals surface area contributed by atoms with Crippen LogP contribution in [0, 0.1) is 5.92 Å². The van der Waals surface area contributed by atoms with Crippen LogP contribution in [0.4, 0.5) is 0 Å². The molecule has 0 aromatic carbocycles. The first-order chi connectivity index (χ1) is 10.9. The average Bonchev–Trinajstić information content (AvgIpc) is 3.14. The van der Waals surface area contributed by atoms with Crippen LogP contribution >= 0.6 is 11.3 Å². The van der Waals surface area contributed by atoms with E-state index in [0.717, 1.165) is 23.6 Å². The molecule has 1 amide bonds. The molecule has 2 heterocycles. The number of carbonyl (C=O) groups excluding carboxylic acids is 1. The Hall–Kier alpha value is -1.71. The van der Waals surface area contributed by atoms with Gasteiger partial charge in [0, 0.05) is 12.7 Å². The maximum Gasteiger partial charge on any atom is 0.250 e. The van der Waals surface area contributed by atoms with E-state index in [2.05, 4.69) is 28.9 Å². The number of hydrogen-bond donors (Lipinski definition) is 2. The fraction of sp³-hybridized carbons (Fsp3) is 0.429. The Morgan fingerprint density at radius 1 is 1.43 bits per heavy atom. The minimum Gasteiger partial charge on any atom is -0.349 e. The number of hydrogen-bond acceptors (Lipinski definition) is 5. The van der Waals surface area contributed by atoms with Crippen molar-refractivity contribution >= 4 is 27.3 Å². The van der Waals surface area contributed by atoms with Gasteiger partial charge in [-0.25, -0.2) is 18.1 Å². The molecule has 0 aliphatic heterocycles. The molecular weight excluding hydrogens is 336 g/mol. The van der Waals surface area contributed by atoms with Crippen LogP contribution in [0.5, 0.6) is 0 Å². The van der Waals surface area contributed by atoms with E-state index in [0.29, 0.717) is 12.5 Å². The van der Waals surface area contributed by atoms with Gasteiger partial charge >= 0.3 is 0 Å². The fourth-order valence-corrected chi connectivity index (χ4v) is 3.97. The SMILES string of the molecule is CC(C)Cn1cncc1CNC(=O)CNS(=O)(=O)c1cccs1. The summed E-state index contributed by atoms with van der Waals surface area (Å²) in [5.41, 5.74) is 0.883. The fourth-order valence-electron chi connectivity index (χ4n) is 1.95. The van der Waals surface area contributed by atoms with Gasteiger partial charge in [0.1, 0.15) is 4.21 Å². The van der Waals surface area contributed by atoms with Crippen LogP contribution in [0.15, 0.2) is 34.2 Å². The van der Waals surface area contributed by atoms with Crippen LogP contribution in [-0.2, 0) is 27.9 Å². The molecule has 2 aromatic rings. The Morgan fingerprint density at radius 2 is 2.22 bits per heavy atom. The first kappa shape index (κ1) is 17.6. The van der Waals surface area contributed by atoms with Gasteiger partial charge < -0.3 is 9.88 Å². The molecule has 0 aliphatic rings. The number of nitrogens with one attached hydrogen (secondary N) is 2. The number of rotatable bonds is 8. The molecule has 126 valence electrons. The van der Waals surface area contributed by atoms with Crippen molar-refractivity contribution in [2.45, 2.75) is 31.1 Å². The molecule has 2 aromatic heterocycles. The van der Waals surface area contributed by atoms with E-state index in [-0.39, 0.29) is 16.7 Å². The van der Waals surface area contributed by atoms with Crippen molar-refractivity contribution in [2.24, 2.45) is 5.92 Å². The van der Waals surface area contributed by atoms with E-state index < -0.39 is 10.0 Å². The molecule has 0 fully saturated rings. The van der Waals surface area contributed by atoms with Crippen LogP contribution in [0.25, 0.3) is 0 Å². The van der Waals surface area contributed by atoms with E-state index in [4.69, 9.17) is 0 Å². The van der Waals surface area contributed by atoms with Gasteiger partial charge in [0.15, 0.2) is 0 Å². The second-order valence-corrected chi connectivity index (χ2v) is 8.41. The molecule has 0 atom stereocenters. The largest absolute Gasteiger partial charge is 0.349 e. The summed E-state index contributed by atoms with van der Waals surface area (Å²) in [6.07, 6.45) is 3.42. The third kappa shape index (κ3) is 5.15. The number of imidazole rings is 1. The Balaban J connectivity index is 1.83. The minimum absolute atomic E-state index is 0.195. The van der Waals surface area contributed by atoms with Gasteiger partial charge in [-0.2, -0.15) is 0 Å². The maximum absolute atomic E-state index is 11.9. The molecule has 0 saturated heterocycles. The predicted octanol–water partition coefficient (Wildman–Crippen LogP) is 1.20. The number of amides is 1. The highest BCUT2D eigenvalue weighted by molar-refractivity contribution is 7.91. The molecule has 0 radical (unpaired) electrons. The molecule has 0 saturated carbocycles. The molecule has 0 bridgehead atoms. The molecule has 0 unspecified atom stereocenters. The van der Waals surface area contributed by atoms with Gasteiger partial charge in [-0.3, -0.25) is 4.79 Å². The highest BCUT2D eigenvalue weighted by Gasteiger charge is 2.16. The van der Waals surface area contributed by atoms with E-state index >= 15 is 0 Å². The quantitative estimate of drug-likeness (QED) is 0.743. The number of thiophene rings is 1. The molecule has 7 nitrogen and oxygen atoms in total. The van der Waals surface area contributed by atoms with Crippen molar-refractivity contribution in [2.75, 3.05) is 6.54 Å². The maximum atomic E-state index is 11.9. The lowest BCUT2D eigenvalue weighted by molar-refractivity contribution is -0.120. The Bertz CT molecular complexity index is 736. The summed E-state index contributed by atoms with van der Waals surface area (Å²) >= 11 is 1.11. The molecule has 0 spiro atoms. The van der Waals surface area contributed by atoms with E-state index in [1.807, 2.05) is 4.57 Å². The number of carbonyl (C=O) groups is 1. The van der Waals surface area contributed by atoms with E-state index in [1.54, 1.807) is 24.0 Å². The third-order valence-corrected chi connectivity index (χ3v) is 5.81. The molecular formula is C14H20N4O3S2.